The molecule has 3 aromatic rings. The zero-order valence-electron chi connectivity index (χ0n) is 14.5. The van der Waals surface area contributed by atoms with E-state index in [1.807, 2.05) is 42.8 Å². The molecule has 1 N–H and O–H groups in total. The first-order chi connectivity index (χ1) is 12.7. The summed E-state index contributed by atoms with van der Waals surface area (Å²) in [5.41, 5.74) is 5.42. The van der Waals surface area contributed by atoms with Gasteiger partial charge in [-0.3, -0.25) is 4.79 Å². The second-order valence-electron chi connectivity index (χ2n) is 6.38. The number of benzene rings is 2. The number of rotatable bonds is 4. The molecule has 2 aromatic carbocycles. The van der Waals surface area contributed by atoms with Gasteiger partial charge in [-0.05, 0) is 42.3 Å². The normalized spacial score (nSPS) is 19.8. The van der Waals surface area contributed by atoms with Gasteiger partial charge in [-0.25, -0.2) is 4.98 Å². The summed E-state index contributed by atoms with van der Waals surface area (Å²) in [5, 5.41) is 10.1. The first-order valence-electron chi connectivity index (χ1n) is 8.68. The van der Waals surface area contributed by atoms with E-state index in [0.29, 0.717) is 18.7 Å². The quantitative estimate of drug-likeness (QED) is 0.768. The maximum Gasteiger partial charge on any atom is 0.254 e. The van der Waals surface area contributed by atoms with Gasteiger partial charge in [-0.2, -0.15) is 0 Å². The van der Waals surface area contributed by atoms with E-state index in [9.17, 15) is 9.90 Å². The van der Waals surface area contributed by atoms with E-state index in [0.717, 1.165) is 21.3 Å². The second kappa shape index (κ2) is 7.15. The number of amides is 1. The highest BCUT2D eigenvalue weighted by Crippen LogP contribution is 2.27. The van der Waals surface area contributed by atoms with Crippen molar-refractivity contribution in [2.45, 2.75) is 19.1 Å². The minimum absolute atomic E-state index is 0.0846. The van der Waals surface area contributed by atoms with Gasteiger partial charge in [0.05, 0.1) is 41.1 Å². The molecule has 6 heteroatoms. The van der Waals surface area contributed by atoms with E-state index < -0.39 is 6.10 Å². The lowest BCUT2D eigenvalue weighted by Gasteiger charge is -2.29. The average molecular weight is 368 g/mol. The van der Waals surface area contributed by atoms with Crippen LogP contribution in [-0.4, -0.2) is 52.8 Å². The summed E-state index contributed by atoms with van der Waals surface area (Å²) in [5.74, 6) is -0.0846. The van der Waals surface area contributed by atoms with Crippen molar-refractivity contribution in [2.24, 2.45) is 0 Å². The lowest BCUT2D eigenvalue weighted by molar-refractivity contribution is 0.0520. The van der Waals surface area contributed by atoms with Gasteiger partial charge >= 0.3 is 0 Å². The number of carbonyl (C=O) groups is 1. The molecule has 1 fully saturated rings. The molecule has 0 saturated carbocycles. The maximum absolute atomic E-state index is 13.0. The predicted octanol–water partition coefficient (Wildman–Crippen LogP) is 3.19. The Balaban J connectivity index is 1.65. The number of ether oxygens (including phenoxy) is 1. The van der Waals surface area contributed by atoms with Crippen molar-refractivity contribution in [2.75, 3.05) is 19.8 Å². The molecule has 4 rings (SSSR count). The van der Waals surface area contributed by atoms with Gasteiger partial charge in [0.2, 0.25) is 0 Å². The van der Waals surface area contributed by atoms with Crippen molar-refractivity contribution in [3.8, 4) is 11.1 Å². The smallest absolute Gasteiger partial charge is 0.254 e. The largest absolute Gasteiger partial charge is 0.388 e. The number of aliphatic hydroxyl groups is 1. The Bertz CT molecular complexity index is 939. The molecule has 5 nitrogen and oxygen atoms in total. The zero-order valence-corrected chi connectivity index (χ0v) is 15.3. The molecule has 0 radical (unpaired) electrons. The summed E-state index contributed by atoms with van der Waals surface area (Å²) in [7, 11) is 0. The van der Waals surface area contributed by atoms with E-state index in [1.165, 1.54) is 0 Å². The third kappa shape index (κ3) is 3.11. The van der Waals surface area contributed by atoms with Crippen LogP contribution in [0.15, 0.2) is 48.0 Å². The monoisotopic (exact) mass is 368 g/mol. The van der Waals surface area contributed by atoms with Crippen LogP contribution >= 0.6 is 11.3 Å². The SMILES string of the molecule is CCN(C(=O)c1cccc(-c2ccc3scnc3c2)c1)[C@H]1COC[C@@H]1O. The lowest BCUT2D eigenvalue weighted by Crippen LogP contribution is -2.46. The predicted molar refractivity (Wildman–Crippen MR) is 102 cm³/mol. The molecule has 0 aliphatic carbocycles. The van der Waals surface area contributed by atoms with Crippen LogP contribution in [0.3, 0.4) is 0 Å². The molecule has 134 valence electrons. The van der Waals surface area contributed by atoms with Gasteiger partial charge in [-0.15, -0.1) is 11.3 Å². The number of hydrogen-bond donors (Lipinski definition) is 1. The molecule has 26 heavy (non-hydrogen) atoms. The lowest BCUT2D eigenvalue weighted by atomic mass is 10.0. The molecule has 2 heterocycles. The van der Waals surface area contributed by atoms with Crippen LogP contribution in [0.25, 0.3) is 21.3 Å². The Morgan fingerprint density at radius 2 is 2.12 bits per heavy atom. The molecule has 1 aliphatic heterocycles. The van der Waals surface area contributed by atoms with E-state index in [1.54, 1.807) is 16.2 Å². The molecule has 1 amide bonds. The number of thiazole rings is 1. The molecule has 2 atom stereocenters. The molecule has 1 aliphatic rings. The van der Waals surface area contributed by atoms with Gasteiger partial charge in [0.25, 0.3) is 5.91 Å². The summed E-state index contributed by atoms with van der Waals surface area (Å²) in [6.45, 7) is 3.10. The minimum atomic E-state index is -0.630. The zero-order chi connectivity index (χ0) is 18.1. The second-order valence-corrected chi connectivity index (χ2v) is 7.27. The molecular formula is C20H20N2O3S. The Hall–Kier alpha value is -2.28. The van der Waals surface area contributed by atoms with Crippen molar-refractivity contribution in [3.05, 3.63) is 53.5 Å². The Labute approximate surface area is 155 Å². The fourth-order valence-corrected chi connectivity index (χ4v) is 4.05. The number of hydrogen-bond acceptors (Lipinski definition) is 5. The molecule has 1 aromatic heterocycles. The summed E-state index contributed by atoms with van der Waals surface area (Å²) >= 11 is 1.61. The molecule has 1 saturated heterocycles. The molecule has 0 bridgehead atoms. The Morgan fingerprint density at radius 1 is 1.27 bits per heavy atom. The van der Waals surface area contributed by atoms with Crippen LogP contribution in [0.4, 0.5) is 0 Å². The van der Waals surface area contributed by atoms with Crippen LogP contribution in [0.2, 0.25) is 0 Å². The van der Waals surface area contributed by atoms with Crippen molar-refractivity contribution >= 4 is 27.5 Å². The van der Waals surface area contributed by atoms with Crippen LogP contribution < -0.4 is 0 Å². The van der Waals surface area contributed by atoms with Crippen LogP contribution in [0.1, 0.15) is 17.3 Å². The average Bonchev–Trinajstić information content (AvgIpc) is 3.31. The Morgan fingerprint density at radius 3 is 2.88 bits per heavy atom. The molecular weight excluding hydrogens is 348 g/mol. The third-order valence-corrected chi connectivity index (χ3v) is 5.61. The van der Waals surface area contributed by atoms with Crippen molar-refractivity contribution in [1.29, 1.82) is 0 Å². The van der Waals surface area contributed by atoms with Crippen LogP contribution in [-0.2, 0) is 4.74 Å². The van der Waals surface area contributed by atoms with Crippen molar-refractivity contribution in [1.82, 2.24) is 9.88 Å². The summed E-state index contributed by atoms with van der Waals surface area (Å²) in [6.07, 6.45) is -0.630. The molecule has 0 spiro atoms. The topological polar surface area (TPSA) is 62.7 Å². The maximum atomic E-state index is 13.0. The van der Waals surface area contributed by atoms with E-state index in [2.05, 4.69) is 17.1 Å². The summed E-state index contributed by atoms with van der Waals surface area (Å²) in [4.78, 5) is 19.1. The van der Waals surface area contributed by atoms with Crippen molar-refractivity contribution < 1.29 is 14.6 Å². The van der Waals surface area contributed by atoms with Gasteiger partial charge in [0.1, 0.15) is 0 Å². The van der Waals surface area contributed by atoms with Gasteiger partial charge in [0, 0.05) is 12.1 Å². The number of nitrogens with zero attached hydrogens (tertiary/aromatic N) is 2. The highest BCUT2D eigenvalue weighted by Gasteiger charge is 2.34. The number of fused-ring (bicyclic) bond motifs is 1. The Kier molecular flexibility index (Phi) is 4.72. The number of aromatic nitrogens is 1. The van der Waals surface area contributed by atoms with Gasteiger partial charge in [-0.1, -0.05) is 18.2 Å². The third-order valence-electron chi connectivity index (χ3n) is 4.80. The highest BCUT2D eigenvalue weighted by molar-refractivity contribution is 7.16. The van der Waals surface area contributed by atoms with Gasteiger partial charge < -0.3 is 14.7 Å². The fraction of sp³-hybridized carbons (Fsp3) is 0.300. The molecule has 0 unspecified atom stereocenters. The number of aliphatic hydroxyl groups excluding tert-OH is 1. The fourth-order valence-electron chi connectivity index (χ4n) is 3.39. The summed E-state index contributed by atoms with van der Waals surface area (Å²) in [6, 6.07) is 13.5. The van der Waals surface area contributed by atoms with E-state index in [-0.39, 0.29) is 18.6 Å². The number of carbonyl (C=O) groups excluding carboxylic acids is 1. The van der Waals surface area contributed by atoms with Gasteiger partial charge in [0.15, 0.2) is 0 Å². The number of likely N-dealkylation sites (N-methyl/N-ethyl adjacent to an activating group) is 1. The standard InChI is InChI=1S/C20H20N2O3S/c1-2-22(17-10-25-11-18(17)23)20(24)15-5-3-4-13(8-15)14-6-7-19-16(9-14)21-12-26-19/h3-9,12,17-18,23H,2,10-11H2,1H3/t17-,18-/m0/s1. The van der Waals surface area contributed by atoms with Crippen molar-refractivity contribution in [3.63, 3.8) is 0 Å². The minimum Gasteiger partial charge on any atom is -0.388 e. The first kappa shape index (κ1) is 17.1. The van der Waals surface area contributed by atoms with E-state index >= 15 is 0 Å². The van der Waals surface area contributed by atoms with E-state index in [4.69, 9.17) is 4.74 Å². The first-order valence-corrected chi connectivity index (χ1v) is 9.56. The summed E-state index contributed by atoms with van der Waals surface area (Å²) < 4.78 is 6.46. The van der Waals surface area contributed by atoms with Crippen LogP contribution in [0, 0.1) is 0 Å². The van der Waals surface area contributed by atoms with Crippen LogP contribution in [0.5, 0.6) is 0 Å². The highest BCUT2D eigenvalue weighted by atomic mass is 32.1.